The molecule has 1 aliphatic carbocycles. The van der Waals surface area contributed by atoms with E-state index in [0.29, 0.717) is 5.52 Å². The van der Waals surface area contributed by atoms with Crippen molar-refractivity contribution in [2.75, 3.05) is 0 Å². The van der Waals surface area contributed by atoms with Gasteiger partial charge in [-0.05, 0) is 55.9 Å². The van der Waals surface area contributed by atoms with Gasteiger partial charge in [-0.1, -0.05) is 12.1 Å². The van der Waals surface area contributed by atoms with Crippen molar-refractivity contribution >= 4 is 16.6 Å². The summed E-state index contributed by atoms with van der Waals surface area (Å²) in [4.78, 5) is 15.4. The van der Waals surface area contributed by atoms with Crippen molar-refractivity contribution < 1.29 is 0 Å². The minimum Gasteiger partial charge on any atom is -0.319 e. The first kappa shape index (κ1) is 11.8. The number of nitrogens with one attached hydrogen (secondary N) is 1. The van der Waals surface area contributed by atoms with Crippen LogP contribution in [0.25, 0.3) is 16.6 Å². The number of benzene rings is 1. The molecule has 0 unspecified atom stereocenters. The zero-order chi connectivity index (χ0) is 13.7. The molecule has 4 rings (SSSR count). The molecule has 3 heteroatoms. The van der Waals surface area contributed by atoms with Crippen LogP contribution in [0.15, 0.2) is 35.3 Å². The van der Waals surface area contributed by atoms with Gasteiger partial charge in [-0.3, -0.25) is 4.79 Å². The smallest absolute Gasteiger partial charge is 0.273 e. The normalized spacial score (nSPS) is 16.4. The predicted molar refractivity (Wildman–Crippen MR) is 79.8 cm³/mol. The number of para-hydroxylation sites is 2. The van der Waals surface area contributed by atoms with Crippen molar-refractivity contribution in [2.45, 2.75) is 6.92 Å². The lowest BCUT2D eigenvalue weighted by atomic mass is 9.96. The Labute approximate surface area is 117 Å². The summed E-state index contributed by atoms with van der Waals surface area (Å²) >= 11 is 0. The van der Waals surface area contributed by atoms with Gasteiger partial charge in [0.25, 0.3) is 5.56 Å². The number of rotatable bonds is 1. The van der Waals surface area contributed by atoms with Gasteiger partial charge in [-0.2, -0.15) is 0 Å². The van der Waals surface area contributed by atoms with Crippen LogP contribution in [0.1, 0.15) is 11.1 Å². The first-order chi connectivity index (χ1) is 9.75. The fourth-order valence-electron chi connectivity index (χ4n) is 2.92. The van der Waals surface area contributed by atoms with E-state index in [4.69, 9.17) is 0 Å². The third-order valence-corrected chi connectivity index (χ3v) is 3.77. The number of nitrogens with zero attached hydrogens (tertiary/aromatic N) is 1. The molecule has 5 radical (unpaired) electrons. The van der Waals surface area contributed by atoms with Crippen molar-refractivity contribution in [3.63, 3.8) is 0 Å². The lowest BCUT2D eigenvalue weighted by molar-refractivity contribution is 1.18. The van der Waals surface area contributed by atoms with Crippen LogP contribution in [0.5, 0.6) is 0 Å². The van der Waals surface area contributed by atoms with E-state index in [2.05, 4.69) is 4.98 Å². The molecule has 0 bridgehead atoms. The van der Waals surface area contributed by atoms with Crippen molar-refractivity contribution in [1.29, 1.82) is 0 Å². The van der Waals surface area contributed by atoms with Crippen molar-refractivity contribution in [3.05, 3.63) is 83.5 Å². The van der Waals surface area contributed by atoms with Crippen LogP contribution in [0, 0.1) is 38.5 Å². The summed E-state index contributed by atoms with van der Waals surface area (Å²) in [6.45, 7) is 2.05. The van der Waals surface area contributed by atoms with E-state index < -0.39 is 0 Å². The lowest BCUT2D eigenvalue weighted by Gasteiger charge is -2.09. The summed E-state index contributed by atoms with van der Waals surface area (Å²) in [7, 11) is 0. The SMILES string of the molecule is Cc1cn2c(c1[C]1[CH][CH][CH][CH]1)c(=O)[nH]c1ccccc12. The van der Waals surface area contributed by atoms with E-state index in [-0.39, 0.29) is 5.56 Å². The first-order valence-electron chi connectivity index (χ1n) is 6.60. The topological polar surface area (TPSA) is 37.3 Å². The van der Waals surface area contributed by atoms with Crippen molar-refractivity contribution in [2.24, 2.45) is 0 Å². The summed E-state index contributed by atoms with van der Waals surface area (Å²) in [6.07, 6.45) is 10.1. The van der Waals surface area contributed by atoms with Crippen LogP contribution < -0.4 is 5.56 Å². The molecule has 97 valence electrons. The molecule has 2 heterocycles. The maximum atomic E-state index is 12.4. The summed E-state index contributed by atoms with van der Waals surface area (Å²) in [5.41, 5.74) is 4.66. The molecule has 0 atom stereocenters. The van der Waals surface area contributed by atoms with E-state index in [9.17, 15) is 4.79 Å². The van der Waals surface area contributed by atoms with Gasteiger partial charge in [0.15, 0.2) is 0 Å². The molecule has 0 aliphatic heterocycles. The van der Waals surface area contributed by atoms with Gasteiger partial charge in [-0.25, -0.2) is 0 Å². The minimum atomic E-state index is -0.0481. The molecule has 0 amide bonds. The Hall–Kier alpha value is -2.03. The first-order valence-corrected chi connectivity index (χ1v) is 6.60. The quantitative estimate of drug-likeness (QED) is 0.718. The maximum Gasteiger partial charge on any atom is 0.273 e. The molecule has 2 aromatic heterocycles. The van der Waals surface area contributed by atoms with Gasteiger partial charge in [0.2, 0.25) is 0 Å². The van der Waals surface area contributed by atoms with Crippen LogP contribution in [-0.4, -0.2) is 9.38 Å². The van der Waals surface area contributed by atoms with E-state index in [1.807, 2.05) is 67.5 Å². The van der Waals surface area contributed by atoms with Crippen molar-refractivity contribution in [1.82, 2.24) is 9.38 Å². The third kappa shape index (κ3) is 1.56. The number of hydrogen-bond acceptors (Lipinski definition) is 1. The molecule has 1 saturated carbocycles. The second-order valence-corrected chi connectivity index (χ2v) is 5.05. The molecular formula is C17H13N2O. The van der Waals surface area contributed by atoms with Gasteiger partial charge in [0.05, 0.1) is 11.0 Å². The summed E-state index contributed by atoms with van der Waals surface area (Å²) < 4.78 is 1.99. The zero-order valence-corrected chi connectivity index (χ0v) is 11.1. The van der Waals surface area contributed by atoms with Gasteiger partial charge in [0, 0.05) is 12.1 Å². The molecule has 0 saturated heterocycles. The standard InChI is InChI=1S/C17H13N2O/c1-11-10-19-14-9-5-4-8-13(14)18-17(20)16(19)15(11)12-6-2-3-7-12/h2-10H,1H3,(H,18,20). The summed E-state index contributed by atoms with van der Waals surface area (Å²) in [5, 5.41) is 0. The average Bonchev–Trinajstić information content (AvgIpc) is 3.05. The van der Waals surface area contributed by atoms with Crippen molar-refractivity contribution in [3.8, 4) is 0 Å². The highest BCUT2D eigenvalue weighted by Gasteiger charge is 2.25. The Morgan fingerprint density at radius 2 is 1.85 bits per heavy atom. The lowest BCUT2D eigenvalue weighted by Crippen LogP contribution is -2.12. The number of hydrogen-bond donors (Lipinski definition) is 1. The molecule has 1 fully saturated rings. The van der Waals surface area contributed by atoms with Gasteiger partial charge < -0.3 is 9.38 Å². The van der Waals surface area contributed by atoms with Crippen LogP contribution in [0.2, 0.25) is 0 Å². The van der Waals surface area contributed by atoms with Crippen LogP contribution >= 0.6 is 0 Å². The molecule has 1 N–H and O–H groups in total. The zero-order valence-electron chi connectivity index (χ0n) is 11.1. The second-order valence-electron chi connectivity index (χ2n) is 5.05. The van der Waals surface area contributed by atoms with E-state index in [1.54, 1.807) is 0 Å². The van der Waals surface area contributed by atoms with E-state index in [0.717, 1.165) is 28.1 Å². The molecule has 3 aromatic rings. The Morgan fingerprint density at radius 3 is 2.65 bits per heavy atom. The van der Waals surface area contributed by atoms with Gasteiger partial charge in [0.1, 0.15) is 5.52 Å². The third-order valence-electron chi connectivity index (χ3n) is 3.77. The monoisotopic (exact) mass is 261 g/mol. The second kappa shape index (κ2) is 4.23. The Morgan fingerprint density at radius 1 is 1.10 bits per heavy atom. The Balaban J connectivity index is 2.13. The summed E-state index contributed by atoms with van der Waals surface area (Å²) in [5.74, 6) is 1.09. The highest BCUT2D eigenvalue weighted by molar-refractivity contribution is 5.81. The number of fused-ring (bicyclic) bond motifs is 3. The van der Waals surface area contributed by atoms with Crippen LogP contribution in [-0.2, 0) is 0 Å². The number of aromatic amines is 1. The fraction of sp³-hybridized carbons (Fsp3) is 0.0588. The largest absolute Gasteiger partial charge is 0.319 e. The predicted octanol–water partition coefficient (Wildman–Crippen LogP) is 2.84. The van der Waals surface area contributed by atoms with E-state index >= 15 is 0 Å². The minimum absolute atomic E-state index is 0.0481. The molecular weight excluding hydrogens is 248 g/mol. The van der Waals surface area contributed by atoms with Crippen LogP contribution in [0.3, 0.4) is 0 Å². The van der Waals surface area contributed by atoms with Gasteiger partial charge in [-0.15, -0.1) is 0 Å². The van der Waals surface area contributed by atoms with Crippen LogP contribution in [0.4, 0.5) is 0 Å². The molecule has 1 aliphatic rings. The molecule has 0 spiro atoms. The Kier molecular flexibility index (Phi) is 2.49. The van der Waals surface area contributed by atoms with E-state index in [1.165, 1.54) is 0 Å². The average molecular weight is 261 g/mol. The number of H-pyrrole nitrogens is 1. The molecule has 3 nitrogen and oxygen atoms in total. The Bertz CT molecular complexity index is 850. The summed E-state index contributed by atoms with van der Waals surface area (Å²) in [6, 6.07) is 7.86. The highest BCUT2D eigenvalue weighted by atomic mass is 16.1. The molecule has 1 aromatic carbocycles. The fourth-order valence-corrected chi connectivity index (χ4v) is 2.92. The molecule has 20 heavy (non-hydrogen) atoms. The maximum absolute atomic E-state index is 12.4. The highest BCUT2D eigenvalue weighted by Crippen LogP contribution is 2.35. The number of aryl methyl sites for hydroxylation is 1. The number of aromatic nitrogens is 2. The van der Waals surface area contributed by atoms with Gasteiger partial charge >= 0.3 is 0 Å².